The zero-order valence-electron chi connectivity index (χ0n) is 23.3. The van der Waals surface area contributed by atoms with Crippen LogP contribution in [0.5, 0.6) is 0 Å². The Bertz CT molecular complexity index is 2030. The molecular weight excluding hydrogens is 500 g/mol. The lowest BCUT2D eigenvalue weighted by Crippen LogP contribution is -2.25. The zero-order chi connectivity index (χ0) is 27.6. The molecule has 41 heavy (non-hydrogen) atoms. The van der Waals surface area contributed by atoms with Crippen molar-refractivity contribution in [2.45, 2.75) is 38.0 Å². The maximum absolute atomic E-state index is 5.17. The van der Waals surface area contributed by atoms with Gasteiger partial charge in [-0.3, -0.25) is 4.57 Å². The van der Waals surface area contributed by atoms with Gasteiger partial charge in [0.2, 0.25) is 5.95 Å². The van der Waals surface area contributed by atoms with Gasteiger partial charge in [0.25, 0.3) is 0 Å². The Kier molecular flexibility index (Phi) is 5.33. The van der Waals surface area contributed by atoms with E-state index < -0.39 is 0 Å². The van der Waals surface area contributed by atoms with Crippen molar-refractivity contribution < 1.29 is 0 Å². The van der Waals surface area contributed by atoms with Crippen molar-refractivity contribution >= 4 is 21.8 Å². The van der Waals surface area contributed by atoms with E-state index in [9.17, 15) is 0 Å². The van der Waals surface area contributed by atoms with Gasteiger partial charge in [-0.25, -0.2) is 4.98 Å². The van der Waals surface area contributed by atoms with Crippen molar-refractivity contribution in [1.29, 1.82) is 0 Å². The number of allylic oxidation sites excluding steroid dienone is 4. The number of benzene rings is 4. The molecule has 0 amide bonds. The smallest absolute Gasteiger partial charge is 0.238 e. The van der Waals surface area contributed by atoms with Gasteiger partial charge in [-0.05, 0) is 58.7 Å². The number of fused-ring (bicyclic) bond motifs is 6. The lowest BCUT2D eigenvalue weighted by molar-refractivity contribution is 0.518. The molecule has 0 fully saturated rings. The standard InChI is InChI=1S/C37H30N4/c1-37(2)23-26-17-9-10-18-27(26)29-21-30-28-19-11-12-20-32(28)41(33(30)22-31(29)37)36-39-34(24-13-5-3-6-14-24)38-35(40-36)25-15-7-4-8-16-25/h3-15,17-22,25H,16,23H2,1-2H3. The van der Waals surface area contributed by atoms with Gasteiger partial charge in [0.15, 0.2) is 5.82 Å². The second kappa shape index (κ2) is 9.10. The highest BCUT2D eigenvalue weighted by Gasteiger charge is 2.32. The van der Waals surface area contributed by atoms with Crippen LogP contribution < -0.4 is 0 Å². The summed E-state index contributed by atoms with van der Waals surface area (Å²) in [5.74, 6) is 2.27. The van der Waals surface area contributed by atoms with Gasteiger partial charge in [0.1, 0.15) is 5.82 Å². The fourth-order valence-corrected chi connectivity index (χ4v) is 6.66. The molecule has 0 saturated carbocycles. The summed E-state index contributed by atoms with van der Waals surface area (Å²) >= 11 is 0. The van der Waals surface area contributed by atoms with Crippen LogP contribution in [0.15, 0.2) is 115 Å². The van der Waals surface area contributed by atoms with Crippen LogP contribution in [-0.4, -0.2) is 19.5 Å². The predicted molar refractivity (Wildman–Crippen MR) is 167 cm³/mol. The van der Waals surface area contributed by atoms with E-state index in [4.69, 9.17) is 15.0 Å². The first-order chi connectivity index (χ1) is 20.1. The third kappa shape index (κ3) is 3.86. The fourth-order valence-electron chi connectivity index (χ4n) is 6.66. The molecule has 4 nitrogen and oxygen atoms in total. The summed E-state index contributed by atoms with van der Waals surface area (Å²) in [5.41, 5.74) is 8.67. The van der Waals surface area contributed by atoms with E-state index in [0.717, 1.165) is 35.3 Å². The van der Waals surface area contributed by atoms with Gasteiger partial charge in [0, 0.05) is 22.3 Å². The molecule has 0 aliphatic heterocycles. The molecule has 2 aliphatic carbocycles. The van der Waals surface area contributed by atoms with E-state index in [1.165, 1.54) is 33.0 Å². The molecule has 4 heteroatoms. The Morgan fingerprint density at radius 1 is 0.732 bits per heavy atom. The Morgan fingerprint density at radius 3 is 2.39 bits per heavy atom. The van der Waals surface area contributed by atoms with Crippen LogP contribution in [0, 0.1) is 0 Å². The summed E-state index contributed by atoms with van der Waals surface area (Å²) in [4.78, 5) is 15.3. The van der Waals surface area contributed by atoms with Crippen LogP contribution in [0.4, 0.5) is 0 Å². The molecule has 2 aromatic heterocycles. The first-order valence-corrected chi connectivity index (χ1v) is 14.4. The number of para-hydroxylation sites is 1. The lowest BCUT2D eigenvalue weighted by atomic mass is 9.70. The molecule has 198 valence electrons. The Hall–Kier alpha value is -4.83. The molecular formula is C37H30N4. The first kappa shape index (κ1) is 24.0. The molecule has 6 aromatic rings. The van der Waals surface area contributed by atoms with E-state index in [0.29, 0.717) is 11.8 Å². The van der Waals surface area contributed by atoms with Crippen molar-refractivity contribution in [2.75, 3.05) is 0 Å². The highest BCUT2D eigenvalue weighted by atomic mass is 15.2. The molecule has 4 aromatic carbocycles. The minimum Gasteiger partial charge on any atom is -0.278 e. The van der Waals surface area contributed by atoms with Crippen molar-refractivity contribution in [1.82, 2.24) is 19.5 Å². The molecule has 0 bridgehead atoms. The average Bonchev–Trinajstić information content (AvgIpc) is 3.34. The number of hydrogen-bond donors (Lipinski definition) is 0. The van der Waals surface area contributed by atoms with Gasteiger partial charge < -0.3 is 0 Å². The molecule has 0 spiro atoms. The molecule has 1 atom stereocenters. The van der Waals surface area contributed by atoms with Crippen LogP contribution in [-0.2, 0) is 11.8 Å². The molecule has 2 aliphatic rings. The molecule has 2 heterocycles. The zero-order valence-corrected chi connectivity index (χ0v) is 23.3. The molecule has 8 rings (SSSR count). The third-order valence-corrected chi connectivity index (χ3v) is 8.67. The summed E-state index contributed by atoms with van der Waals surface area (Å²) in [7, 11) is 0. The highest BCUT2D eigenvalue weighted by Crippen LogP contribution is 2.46. The Morgan fingerprint density at radius 2 is 1.54 bits per heavy atom. The normalized spacial score (nSPS) is 17.1. The van der Waals surface area contributed by atoms with Crippen LogP contribution in [0.1, 0.15) is 43.1 Å². The van der Waals surface area contributed by atoms with Crippen LogP contribution >= 0.6 is 0 Å². The van der Waals surface area contributed by atoms with Crippen LogP contribution in [0.3, 0.4) is 0 Å². The summed E-state index contributed by atoms with van der Waals surface area (Å²) < 4.78 is 2.25. The number of rotatable bonds is 3. The number of hydrogen-bond acceptors (Lipinski definition) is 3. The summed E-state index contributed by atoms with van der Waals surface area (Å²) in [6.07, 6.45) is 10.4. The summed E-state index contributed by atoms with van der Waals surface area (Å²) in [6.45, 7) is 4.72. The van der Waals surface area contributed by atoms with Gasteiger partial charge in [-0.1, -0.05) is 111 Å². The molecule has 1 unspecified atom stereocenters. The second-order valence-corrected chi connectivity index (χ2v) is 11.8. The van der Waals surface area contributed by atoms with E-state index >= 15 is 0 Å². The van der Waals surface area contributed by atoms with Crippen molar-refractivity contribution in [3.05, 3.63) is 132 Å². The maximum Gasteiger partial charge on any atom is 0.238 e. The topological polar surface area (TPSA) is 43.6 Å². The lowest BCUT2D eigenvalue weighted by Gasteiger charge is -2.34. The van der Waals surface area contributed by atoms with E-state index in [1.54, 1.807) is 0 Å². The largest absolute Gasteiger partial charge is 0.278 e. The SMILES string of the molecule is CC1(C)Cc2ccccc2-c2cc3c4ccccc4n(-c4nc(-c5ccccc5)nc(C5C=CC=CC5)n4)c3cc21. The van der Waals surface area contributed by atoms with E-state index in [-0.39, 0.29) is 11.3 Å². The van der Waals surface area contributed by atoms with Gasteiger partial charge in [-0.2, -0.15) is 9.97 Å². The second-order valence-electron chi connectivity index (χ2n) is 11.8. The van der Waals surface area contributed by atoms with Crippen molar-refractivity contribution in [2.24, 2.45) is 0 Å². The molecule has 0 radical (unpaired) electrons. The van der Waals surface area contributed by atoms with Gasteiger partial charge in [0.05, 0.1) is 11.0 Å². The third-order valence-electron chi connectivity index (χ3n) is 8.67. The van der Waals surface area contributed by atoms with Crippen molar-refractivity contribution in [3.8, 4) is 28.5 Å². The fraction of sp³-hybridized carbons (Fsp3) is 0.162. The van der Waals surface area contributed by atoms with Crippen LogP contribution in [0.2, 0.25) is 0 Å². The number of aromatic nitrogens is 4. The Balaban J connectivity index is 1.44. The van der Waals surface area contributed by atoms with E-state index in [2.05, 4.69) is 116 Å². The first-order valence-electron chi connectivity index (χ1n) is 14.4. The van der Waals surface area contributed by atoms with Crippen molar-refractivity contribution in [3.63, 3.8) is 0 Å². The minimum absolute atomic E-state index is 0.00214. The minimum atomic E-state index is -0.00214. The summed E-state index contributed by atoms with van der Waals surface area (Å²) in [5, 5.41) is 2.42. The van der Waals surface area contributed by atoms with E-state index in [1.807, 2.05) is 18.2 Å². The quantitative estimate of drug-likeness (QED) is 0.230. The Labute approximate surface area is 239 Å². The molecule has 0 saturated heterocycles. The predicted octanol–water partition coefficient (Wildman–Crippen LogP) is 8.74. The monoisotopic (exact) mass is 530 g/mol. The maximum atomic E-state index is 5.17. The molecule has 0 N–H and O–H groups in total. The van der Waals surface area contributed by atoms with Crippen LogP contribution in [0.25, 0.3) is 50.3 Å². The average molecular weight is 531 g/mol. The highest BCUT2D eigenvalue weighted by molar-refractivity contribution is 6.11. The summed E-state index contributed by atoms with van der Waals surface area (Å²) in [6, 6.07) is 32.5. The van der Waals surface area contributed by atoms with Gasteiger partial charge in [-0.15, -0.1) is 0 Å². The number of nitrogens with zero attached hydrogens (tertiary/aromatic N) is 4. The van der Waals surface area contributed by atoms with Gasteiger partial charge >= 0.3 is 0 Å².